The van der Waals surface area contributed by atoms with Gasteiger partial charge in [0.1, 0.15) is 0 Å². The molecule has 0 bridgehead atoms. The molecule has 0 unspecified atom stereocenters. The summed E-state index contributed by atoms with van der Waals surface area (Å²) in [5.74, 6) is 0.597. The number of nitrogens with zero attached hydrogens (tertiary/aromatic N) is 3. The van der Waals surface area contributed by atoms with Gasteiger partial charge in [0.05, 0.1) is 5.75 Å². The van der Waals surface area contributed by atoms with Crippen LogP contribution in [0, 0.1) is 0 Å². The Bertz CT molecular complexity index is 864. The fourth-order valence-electron chi connectivity index (χ4n) is 3.54. The summed E-state index contributed by atoms with van der Waals surface area (Å²) in [7, 11) is 1.48. The molecule has 1 aliphatic carbocycles. The number of benzene rings is 1. The number of hydrogen-bond donors (Lipinski definition) is 2. The fraction of sp³-hybridized carbons (Fsp3) is 0.524. The van der Waals surface area contributed by atoms with Gasteiger partial charge in [-0.1, -0.05) is 69.6 Å². The van der Waals surface area contributed by atoms with Crippen LogP contribution >= 0.6 is 11.8 Å². The molecule has 29 heavy (non-hydrogen) atoms. The van der Waals surface area contributed by atoms with Gasteiger partial charge in [0, 0.05) is 18.7 Å². The van der Waals surface area contributed by atoms with Crippen LogP contribution in [0.1, 0.15) is 58.1 Å². The molecule has 0 spiro atoms. The van der Waals surface area contributed by atoms with Gasteiger partial charge in [-0.15, -0.1) is 10.2 Å². The lowest BCUT2D eigenvalue weighted by Gasteiger charge is -2.20. The molecule has 156 valence electrons. The number of imide groups is 1. The summed E-state index contributed by atoms with van der Waals surface area (Å²) in [5, 5.41) is 14.2. The van der Waals surface area contributed by atoms with Gasteiger partial charge in [-0.2, -0.15) is 0 Å². The molecule has 0 saturated heterocycles. The number of urea groups is 1. The minimum absolute atomic E-state index is 0.0941. The Balaban J connectivity index is 1.84. The predicted molar refractivity (Wildman–Crippen MR) is 115 cm³/mol. The van der Waals surface area contributed by atoms with Crippen molar-refractivity contribution in [1.29, 1.82) is 0 Å². The summed E-state index contributed by atoms with van der Waals surface area (Å²) in [6.45, 7) is 6.59. The highest BCUT2D eigenvalue weighted by Crippen LogP contribution is 2.37. The highest BCUT2D eigenvalue weighted by Gasteiger charge is 2.25. The van der Waals surface area contributed by atoms with Gasteiger partial charge in [0.15, 0.2) is 11.0 Å². The van der Waals surface area contributed by atoms with Crippen LogP contribution in [0.4, 0.5) is 4.79 Å². The highest BCUT2D eigenvalue weighted by atomic mass is 32.2. The van der Waals surface area contributed by atoms with E-state index in [2.05, 4.69) is 70.4 Å². The second-order valence-electron chi connectivity index (χ2n) is 8.36. The van der Waals surface area contributed by atoms with E-state index in [1.807, 2.05) is 0 Å². The van der Waals surface area contributed by atoms with Crippen LogP contribution in [0.3, 0.4) is 0 Å². The second kappa shape index (κ2) is 8.98. The minimum Gasteiger partial charge on any atom is -0.341 e. The van der Waals surface area contributed by atoms with E-state index in [0.717, 1.165) is 29.4 Å². The van der Waals surface area contributed by atoms with Crippen molar-refractivity contribution in [1.82, 2.24) is 25.4 Å². The average Bonchev–Trinajstić information content (AvgIpc) is 3.35. The van der Waals surface area contributed by atoms with E-state index in [4.69, 9.17) is 0 Å². The van der Waals surface area contributed by atoms with Crippen LogP contribution in [-0.4, -0.2) is 39.5 Å². The molecule has 0 atom stereocenters. The van der Waals surface area contributed by atoms with Crippen LogP contribution in [0.25, 0.3) is 11.4 Å². The molecule has 0 aliphatic heterocycles. The number of nitrogens with one attached hydrogen (secondary N) is 2. The maximum atomic E-state index is 12.0. The van der Waals surface area contributed by atoms with Crippen molar-refractivity contribution in [3.05, 3.63) is 29.8 Å². The molecule has 1 heterocycles. The van der Waals surface area contributed by atoms with E-state index in [0.29, 0.717) is 6.04 Å². The summed E-state index contributed by atoms with van der Waals surface area (Å²) in [6, 6.07) is 8.32. The van der Waals surface area contributed by atoms with E-state index < -0.39 is 6.03 Å². The number of aromatic nitrogens is 3. The van der Waals surface area contributed by atoms with Gasteiger partial charge in [-0.05, 0) is 23.8 Å². The first-order chi connectivity index (χ1) is 13.8. The lowest BCUT2D eigenvalue weighted by molar-refractivity contribution is -0.117. The molecular weight excluding hydrogens is 386 g/mol. The molecule has 1 aromatic heterocycles. The molecule has 1 aromatic carbocycles. The van der Waals surface area contributed by atoms with Crippen molar-refractivity contribution in [3.8, 4) is 11.4 Å². The molecule has 1 aliphatic rings. The first kappa shape index (κ1) is 21.4. The Morgan fingerprint density at radius 3 is 2.38 bits per heavy atom. The highest BCUT2D eigenvalue weighted by molar-refractivity contribution is 7.99. The normalized spacial score (nSPS) is 14.8. The van der Waals surface area contributed by atoms with E-state index >= 15 is 0 Å². The zero-order chi connectivity index (χ0) is 21.0. The molecule has 0 radical (unpaired) electrons. The van der Waals surface area contributed by atoms with Crippen LogP contribution in [0.2, 0.25) is 0 Å². The summed E-state index contributed by atoms with van der Waals surface area (Å²) >= 11 is 1.31. The first-order valence-corrected chi connectivity index (χ1v) is 11.0. The summed E-state index contributed by atoms with van der Waals surface area (Å²) < 4.78 is 2.18. The van der Waals surface area contributed by atoms with Crippen molar-refractivity contribution in [2.45, 2.75) is 63.1 Å². The molecule has 8 heteroatoms. The molecule has 2 N–H and O–H groups in total. The average molecular weight is 416 g/mol. The standard InChI is InChI=1S/C21H29N5O2S/c1-21(2,3)15-11-9-14(10-12-15)18-24-25-20(26(18)16-7-5-6-8-16)29-13-17(27)23-19(28)22-4/h9-12,16H,5-8,13H2,1-4H3,(H2,22,23,27,28). The van der Waals surface area contributed by atoms with Crippen LogP contribution < -0.4 is 10.6 Å². The Kier molecular flexibility index (Phi) is 6.62. The number of amides is 3. The summed E-state index contributed by atoms with van der Waals surface area (Å²) in [4.78, 5) is 23.3. The molecule has 1 saturated carbocycles. The first-order valence-electron chi connectivity index (χ1n) is 10.00. The van der Waals surface area contributed by atoms with Gasteiger partial charge in [-0.25, -0.2) is 4.79 Å². The molecule has 2 aromatic rings. The summed E-state index contributed by atoms with van der Waals surface area (Å²) in [6.07, 6.45) is 4.55. The maximum Gasteiger partial charge on any atom is 0.321 e. The Morgan fingerprint density at radius 1 is 1.14 bits per heavy atom. The summed E-state index contributed by atoms with van der Waals surface area (Å²) in [5.41, 5.74) is 2.39. The van der Waals surface area contributed by atoms with Gasteiger partial charge in [-0.3, -0.25) is 14.7 Å². The zero-order valence-corrected chi connectivity index (χ0v) is 18.3. The third kappa shape index (κ3) is 5.18. The van der Waals surface area contributed by atoms with Gasteiger partial charge in [0.2, 0.25) is 5.91 Å². The predicted octanol–water partition coefficient (Wildman–Crippen LogP) is 3.91. The lowest BCUT2D eigenvalue weighted by Crippen LogP contribution is -2.38. The fourth-order valence-corrected chi connectivity index (χ4v) is 4.34. The van der Waals surface area contributed by atoms with Crippen LogP contribution in [-0.2, 0) is 10.2 Å². The largest absolute Gasteiger partial charge is 0.341 e. The van der Waals surface area contributed by atoms with E-state index in [9.17, 15) is 9.59 Å². The Morgan fingerprint density at radius 2 is 1.79 bits per heavy atom. The minimum atomic E-state index is -0.507. The number of thioether (sulfide) groups is 1. The Labute approximate surface area is 176 Å². The van der Waals surface area contributed by atoms with Gasteiger partial charge >= 0.3 is 6.03 Å². The van der Waals surface area contributed by atoms with Crippen molar-refractivity contribution >= 4 is 23.7 Å². The monoisotopic (exact) mass is 415 g/mol. The molecule has 7 nitrogen and oxygen atoms in total. The third-order valence-corrected chi connectivity index (χ3v) is 6.12. The van der Waals surface area contributed by atoms with Crippen molar-refractivity contribution < 1.29 is 9.59 Å². The topological polar surface area (TPSA) is 88.9 Å². The molecular formula is C21H29N5O2S. The maximum absolute atomic E-state index is 12.0. The number of carbonyl (C=O) groups excluding carboxylic acids is 2. The molecule has 3 amide bonds. The Hall–Kier alpha value is -2.35. The number of hydrogen-bond acceptors (Lipinski definition) is 5. The second-order valence-corrected chi connectivity index (χ2v) is 9.30. The van der Waals surface area contributed by atoms with E-state index in [1.54, 1.807) is 0 Å². The quantitative estimate of drug-likeness (QED) is 0.723. The third-order valence-electron chi connectivity index (χ3n) is 5.18. The van der Waals surface area contributed by atoms with E-state index in [1.165, 1.54) is 37.2 Å². The van der Waals surface area contributed by atoms with Crippen LogP contribution in [0.5, 0.6) is 0 Å². The van der Waals surface area contributed by atoms with Crippen molar-refractivity contribution in [2.75, 3.05) is 12.8 Å². The number of carbonyl (C=O) groups is 2. The molecule has 3 rings (SSSR count). The van der Waals surface area contributed by atoms with Gasteiger partial charge < -0.3 is 5.32 Å². The number of rotatable bonds is 5. The lowest BCUT2D eigenvalue weighted by atomic mass is 9.86. The van der Waals surface area contributed by atoms with E-state index in [-0.39, 0.29) is 17.1 Å². The SMILES string of the molecule is CNC(=O)NC(=O)CSc1nnc(-c2ccc(C(C)(C)C)cc2)n1C1CCCC1. The van der Waals surface area contributed by atoms with Crippen LogP contribution in [0.15, 0.2) is 29.4 Å². The zero-order valence-electron chi connectivity index (χ0n) is 17.5. The molecule has 1 fully saturated rings. The smallest absolute Gasteiger partial charge is 0.321 e. The van der Waals surface area contributed by atoms with Crippen molar-refractivity contribution in [2.24, 2.45) is 0 Å². The van der Waals surface area contributed by atoms with Gasteiger partial charge in [0.25, 0.3) is 0 Å². The van der Waals surface area contributed by atoms with Crippen molar-refractivity contribution in [3.63, 3.8) is 0 Å².